The average Bonchev–Trinajstić information content (AvgIpc) is 3.38. The van der Waals surface area contributed by atoms with Crippen molar-refractivity contribution in [1.82, 2.24) is 14.4 Å². The third kappa shape index (κ3) is 3.33. The number of rotatable bonds is 6. The van der Waals surface area contributed by atoms with Gasteiger partial charge >= 0.3 is 5.97 Å². The summed E-state index contributed by atoms with van der Waals surface area (Å²) < 4.78 is 26.6. The third-order valence-electron chi connectivity index (χ3n) is 5.78. The first kappa shape index (κ1) is 20.9. The summed E-state index contributed by atoms with van der Waals surface area (Å²) in [6.45, 7) is 2.11. The Morgan fingerprint density at radius 3 is 2.84 bits per heavy atom. The zero-order chi connectivity index (χ0) is 22.6. The summed E-state index contributed by atoms with van der Waals surface area (Å²) in [6.07, 6.45) is 3.66. The molecule has 1 aliphatic carbocycles. The fraction of sp³-hybridized carbons (Fsp3) is 0.381. The van der Waals surface area contributed by atoms with E-state index >= 15 is 4.39 Å². The molecule has 1 saturated carbocycles. The fourth-order valence-electron chi connectivity index (χ4n) is 4.18. The molecular formula is C21H22FN5O4S. The van der Waals surface area contributed by atoms with Crippen LogP contribution in [0.3, 0.4) is 0 Å². The molecule has 0 saturated heterocycles. The number of nitrogens with zero attached hydrogens (tertiary/aromatic N) is 3. The van der Waals surface area contributed by atoms with Crippen LogP contribution in [0.2, 0.25) is 0 Å². The van der Waals surface area contributed by atoms with E-state index in [0.29, 0.717) is 29.1 Å². The van der Waals surface area contributed by atoms with E-state index in [1.54, 1.807) is 17.2 Å². The Morgan fingerprint density at radius 1 is 1.41 bits per heavy atom. The number of carbonyl (C=O) groups excluding carboxylic acids is 1. The summed E-state index contributed by atoms with van der Waals surface area (Å²) in [7, 11) is 1.51. The van der Waals surface area contributed by atoms with Gasteiger partial charge in [0.1, 0.15) is 16.0 Å². The SMILES string of the molecule is CONC1=CN(c2cc3c(cc2F)c(=O)c2c(OC(C)=O)nsc2n3C2CC2)CC1CN. The first-order valence-electron chi connectivity index (χ1n) is 10.3. The van der Waals surface area contributed by atoms with Gasteiger partial charge in [-0.05, 0) is 36.5 Å². The summed E-state index contributed by atoms with van der Waals surface area (Å²) in [5.74, 6) is -1.15. The minimum atomic E-state index is -0.563. The standard InChI is InChI=1S/C21H22FN5O4S/c1-10(28)31-20-18-19(29)13-5-14(22)17(26-8-11(7-23)15(9-26)24-30-2)6-16(13)27(12-3-4-12)21(18)32-25-20/h5-6,9,11-12,24H,3-4,7-8,23H2,1-2H3. The van der Waals surface area contributed by atoms with Gasteiger partial charge in [0.2, 0.25) is 11.3 Å². The number of carbonyl (C=O) groups is 1. The number of aromatic nitrogens is 2. The molecule has 5 rings (SSSR count). The third-order valence-corrected chi connectivity index (χ3v) is 6.61. The normalized spacial score (nSPS) is 18.4. The van der Waals surface area contributed by atoms with Crippen molar-refractivity contribution in [3.05, 3.63) is 40.1 Å². The number of anilines is 1. The number of hydrogen-bond acceptors (Lipinski definition) is 9. The predicted octanol–water partition coefficient (Wildman–Crippen LogP) is 2.40. The molecule has 3 aromatic rings. The summed E-state index contributed by atoms with van der Waals surface area (Å²) >= 11 is 1.11. The van der Waals surface area contributed by atoms with Gasteiger partial charge in [0.25, 0.3) is 0 Å². The van der Waals surface area contributed by atoms with E-state index in [2.05, 4.69) is 9.85 Å². The van der Waals surface area contributed by atoms with Gasteiger partial charge in [-0.25, -0.2) is 4.39 Å². The van der Waals surface area contributed by atoms with Crippen molar-refractivity contribution in [2.24, 2.45) is 11.7 Å². The van der Waals surface area contributed by atoms with Crippen LogP contribution in [0, 0.1) is 11.7 Å². The number of fused-ring (bicyclic) bond motifs is 2. The van der Waals surface area contributed by atoms with E-state index in [-0.39, 0.29) is 28.6 Å². The highest BCUT2D eigenvalue weighted by Crippen LogP contribution is 2.43. The molecule has 1 unspecified atom stereocenters. The van der Waals surface area contributed by atoms with Gasteiger partial charge in [0.05, 0.1) is 24.0 Å². The second kappa shape index (κ2) is 7.84. The van der Waals surface area contributed by atoms with Crippen LogP contribution < -0.4 is 26.3 Å². The highest BCUT2D eigenvalue weighted by atomic mass is 32.1. The Hall–Kier alpha value is -3.02. The van der Waals surface area contributed by atoms with Crippen LogP contribution in [0.4, 0.5) is 10.1 Å². The molecule has 11 heteroatoms. The molecule has 1 aliphatic heterocycles. The maximum absolute atomic E-state index is 15.3. The van der Waals surface area contributed by atoms with Crippen molar-refractivity contribution in [2.45, 2.75) is 25.8 Å². The molecule has 1 aromatic carbocycles. The number of nitrogens with one attached hydrogen (secondary N) is 1. The minimum absolute atomic E-state index is 0.0215. The molecule has 0 amide bonds. The number of hydrogen-bond donors (Lipinski definition) is 2. The van der Waals surface area contributed by atoms with Gasteiger partial charge in [-0.15, -0.1) is 0 Å². The lowest BCUT2D eigenvalue weighted by Crippen LogP contribution is -2.27. The molecule has 2 aliphatic rings. The van der Waals surface area contributed by atoms with Gasteiger partial charge < -0.3 is 19.9 Å². The van der Waals surface area contributed by atoms with E-state index in [4.69, 9.17) is 15.3 Å². The lowest BCUT2D eigenvalue weighted by Gasteiger charge is -2.20. The maximum Gasteiger partial charge on any atom is 0.309 e. The van der Waals surface area contributed by atoms with Crippen molar-refractivity contribution in [3.8, 4) is 5.88 Å². The van der Waals surface area contributed by atoms with Crippen molar-refractivity contribution in [1.29, 1.82) is 0 Å². The van der Waals surface area contributed by atoms with Crippen LogP contribution in [0.5, 0.6) is 5.88 Å². The van der Waals surface area contributed by atoms with Crippen LogP contribution in [0.1, 0.15) is 25.8 Å². The number of hydroxylamine groups is 1. The molecule has 9 nitrogen and oxygen atoms in total. The molecule has 3 N–H and O–H groups in total. The predicted molar refractivity (Wildman–Crippen MR) is 119 cm³/mol. The number of benzene rings is 1. The second-order valence-electron chi connectivity index (χ2n) is 7.99. The molecule has 32 heavy (non-hydrogen) atoms. The lowest BCUT2D eigenvalue weighted by molar-refractivity contribution is -0.132. The van der Waals surface area contributed by atoms with Crippen molar-refractivity contribution in [2.75, 3.05) is 25.1 Å². The average molecular weight is 460 g/mol. The van der Waals surface area contributed by atoms with Crippen LogP contribution >= 0.6 is 11.5 Å². The maximum atomic E-state index is 15.3. The first-order chi connectivity index (χ1) is 15.4. The van der Waals surface area contributed by atoms with Gasteiger partial charge in [-0.1, -0.05) is 0 Å². The zero-order valence-electron chi connectivity index (χ0n) is 17.6. The molecule has 168 valence electrons. The minimum Gasteiger partial charge on any atom is -0.406 e. The molecule has 2 aromatic heterocycles. The number of ether oxygens (including phenoxy) is 1. The molecule has 0 radical (unpaired) electrons. The number of pyridine rings is 1. The second-order valence-corrected chi connectivity index (χ2v) is 8.74. The highest BCUT2D eigenvalue weighted by Gasteiger charge is 2.32. The molecule has 3 heterocycles. The van der Waals surface area contributed by atoms with Crippen LogP contribution in [-0.2, 0) is 9.63 Å². The van der Waals surface area contributed by atoms with Crippen molar-refractivity contribution >= 4 is 44.3 Å². The quantitative estimate of drug-likeness (QED) is 0.427. The Labute approximate surface area is 186 Å². The Kier molecular flexibility index (Phi) is 5.11. The molecule has 0 spiro atoms. The zero-order valence-corrected chi connectivity index (χ0v) is 18.4. The van der Waals surface area contributed by atoms with E-state index in [0.717, 1.165) is 30.1 Å². The smallest absolute Gasteiger partial charge is 0.309 e. The lowest BCUT2D eigenvalue weighted by atomic mass is 10.1. The topological polar surface area (TPSA) is 112 Å². The Bertz CT molecular complexity index is 1330. The van der Waals surface area contributed by atoms with Gasteiger partial charge in [-0.2, -0.15) is 4.37 Å². The van der Waals surface area contributed by atoms with E-state index in [1.807, 2.05) is 4.57 Å². The summed E-state index contributed by atoms with van der Waals surface area (Å²) in [5.41, 5.74) is 10.0. The van der Waals surface area contributed by atoms with Gasteiger partial charge in [-0.3, -0.25) is 19.9 Å². The highest BCUT2D eigenvalue weighted by molar-refractivity contribution is 7.13. The largest absolute Gasteiger partial charge is 0.406 e. The number of nitrogens with two attached hydrogens (primary N) is 1. The number of esters is 1. The summed E-state index contributed by atoms with van der Waals surface area (Å²) in [6, 6.07) is 3.14. The van der Waals surface area contributed by atoms with E-state index in [9.17, 15) is 9.59 Å². The van der Waals surface area contributed by atoms with Gasteiger partial charge in [0, 0.05) is 43.6 Å². The first-order valence-corrected chi connectivity index (χ1v) is 11.0. The van der Waals surface area contributed by atoms with Crippen LogP contribution in [0.15, 0.2) is 28.8 Å². The molecule has 1 fully saturated rings. The van der Waals surface area contributed by atoms with Crippen molar-refractivity contribution in [3.63, 3.8) is 0 Å². The Morgan fingerprint density at radius 2 is 2.19 bits per heavy atom. The van der Waals surface area contributed by atoms with Gasteiger partial charge in [0.15, 0.2) is 0 Å². The molecular weight excluding hydrogens is 437 g/mol. The summed E-state index contributed by atoms with van der Waals surface area (Å²) in [5, 5.41) is 0.445. The van der Waals surface area contributed by atoms with E-state index in [1.165, 1.54) is 20.1 Å². The van der Waals surface area contributed by atoms with Crippen molar-refractivity contribution < 1.29 is 18.8 Å². The van der Waals surface area contributed by atoms with Crippen LogP contribution in [0.25, 0.3) is 21.1 Å². The Balaban J connectivity index is 1.72. The monoisotopic (exact) mass is 459 g/mol. The van der Waals surface area contributed by atoms with Crippen LogP contribution in [-0.4, -0.2) is 35.1 Å². The number of halogens is 1. The molecule has 0 bridgehead atoms. The molecule has 1 atom stereocenters. The fourth-order valence-corrected chi connectivity index (χ4v) is 5.09. The van der Waals surface area contributed by atoms with E-state index < -0.39 is 17.2 Å². The summed E-state index contributed by atoms with van der Waals surface area (Å²) in [4.78, 5) is 32.2.